The van der Waals surface area contributed by atoms with Gasteiger partial charge in [-0.15, -0.1) is 22.6 Å². The normalized spacial score (nSPS) is 16.2. The van der Waals surface area contributed by atoms with Crippen LogP contribution in [0.3, 0.4) is 0 Å². The zero-order valence-corrected chi connectivity index (χ0v) is 15.9. The fourth-order valence-corrected chi connectivity index (χ4v) is 3.58. The number of carbonyl (C=O) groups excluding carboxylic acids is 1. The monoisotopic (exact) mass is 385 g/mol. The number of carbonyl (C=O) groups is 1. The molecule has 1 aliphatic rings. The predicted octanol–water partition coefficient (Wildman–Crippen LogP) is 2.59. The molecule has 1 amide bonds. The SMILES string of the molecule is Cl.O=C(NCCCc1nnc2ccccn12)c1ccccc1C1CCNC1. The Labute approximate surface area is 164 Å². The molecule has 1 fully saturated rings. The molecule has 0 radical (unpaired) electrons. The highest BCUT2D eigenvalue weighted by Gasteiger charge is 2.21. The first-order valence-electron chi connectivity index (χ1n) is 9.19. The van der Waals surface area contributed by atoms with Gasteiger partial charge in [-0.1, -0.05) is 24.3 Å². The summed E-state index contributed by atoms with van der Waals surface area (Å²) in [4.78, 5) is 12.6. The second-order valence-corrected chi connectivity index (χ2v) is 6.68. The Morgan fingerprint density at radius 2 is 2.04 bits per heavy atom. The molecule has 7 heteroatoms. The van der Waals surface area contributed by atoms with E-state index in [1.807, 2.05) is 47.0 Å². The number of fused-ring (bicyclic) bond motifs is 1. The summed E-state index contributed by atoms with van der Waals surface area (Å²) in [5.41, 5.74) is 2.80. The average molecular weight is 386 g/mol. The zero-order valence-electron chi connectivity index (χ0n) is 15.1. The molecular weight excluding hydrogens is 362 g/mol. The molecule has 2 N–H and O–H groups in total. The highest BCUT2D eigenvalue weighted by Crippen LogP contribution is 2.25. The van der Waals surface area contributed by atoms with Crippen LogP contribution < -0.4 is 10.6 Å². The van der Waals surface area contributed by atoms with Gasteiger partial charge in [0.2, 0.25) is 0 Å². The van der Waals surface area contributed by atoms with Gasteiger partial charge in [0.15, 0.2) is 5.65 Å². The van der Waals surface area contributed by atoms with Crippen molar-refractivity contribution < 1.29 is 4.79 Å². The van der Waals surface area contributed by atoms with Crippen LogP contribution in [-0.2, 0) is 6.42 Å². The van der Waals surface area contributed by atoms with Crippen LogP contribution in [0, 0.1) is 0 Å². The van der Waals surface area contributed by atoms with Crippen molar-refractivity contribution in [2.75, 3.05) is 19.6 Å². The molecule has 1 saturated heterocycles. The van der Waals surface area contributed by atoms with Crippen molar-refractivity contribution >= 4 is 24.0 Å². The van der Waals surface area contributed by atoms with E-state index in [1.54, 1.807) is 0 Å². The minimum absolute atomic E-state index is 0. The highest BCUT2D eigenvalue weighted by molar-refractivity contribution is 5.95. The van der Waals surface area contributed by atoms with Gasteiger partial charge < -0.3 is 10.6 Å². The van der Waals surface area contributed by atoms with E-state index in [4.69, 9.17) is 0 Å². The van der Waals surface area contributed by atoms with E-state index < -0.39 is 0 Å². The highest BCUT2D eigenvalue weighted by atomic mass is 35.5. The molecule has 0 spiro atoms. The van der Waals surface area contributed by atoms with E-state index in [2.05, 4.69) is 26.9 Å². The number of amides is 1. The van der Waals surface area contributed by atoms with Gasteiger partial charge in [0.1, 0.15) is 5.82 Å². The number of rotatable bonds is 6. The van der Waals surface area contributed by atoms with Crippen LogP contribution in [0.25, 0.3) is 5.65 Å². The van der Waals surface area contributed by atoms with Gasteiger partial charge >= 0.3 is 0 Å². The first kappa shape index (κ1) is 19.3. The molecule has 3 aromatic rings. The number of nitrogens with zero attached hydrogens (tertiary/aromatic N) is 3. The smallest absolute Gasteiger partial charge is 0.251 e. The van der Waals surface area contributed by atoms with Crippen molar-refractivity contribution in [1.82, 2.24) is 25.2 Å². The molecule has 0 bridgehead atoms. The lowest BCUT2D eigenvalue weighted by Gasteiger charge is -2.14. The van der Waals surface area contributed by atoms with Crippen molar-refractivity contribution in [1.29, 1.82) is 0 Å². The number of aryl methyl sites for hydroxylation is 1. The minimum Gasteiger partial charge on any atom is -0.352 e. The Kier molecular flexibility index (Phi) is 6.42. The van der Waals surface area contributed by atoms with Gasteiger partial charge in [0, 0.05) is 31.3 Å². The summed E-state index contributed by atoms with van der Waals surface area (Å²) in [6.45, 7) is 2.59. The van der Waals surface area contributed by atoms with E-state index in [-0.39, 0.29) is 18.3 Å². The standard InChI is InChI=1S/C20H23N5O.ClH/c26-20(17-7-2-1-6-16(17)15-10-12-21-14-15)22-11-5-9-19-24-23-18-8-3-4-13-25(18)19;/h1-4,6-8,13,15,21H,5,9-12,14H2,(H,22,26);1H. The Hall–Kier alpha value is -2.44. The lowest BCUT2D eigenvalue weighted by Crippen LogP contribution is -2.26. The summed E-state index contributed by atoms with van der Waals surface area (Å²) in [5.74, 6) is 1.37. The molecule has 142 valence electrons. The Morgan fingerprint density at radius 1 is 1.19 bits per heavy atom. The van der Waals surface area contributed by atoms with Gasteiger partial charge in [-0.05, 0) is 49.1 Å². The molecule has 3 heterocycles. The molecule has 1 unspecified atom stereocenters. The summed E-state index contributed by atoms with van der Waals surface area (Å²) in [6.07, 6.45) is 4.66. The number of halogens is 1. The van der Waals surface area contributed by atoms with E-state index >= 15 is 0 Å². The molecule has 27 heavy (non-hydrogen) atoms. The summed E-state index contributed by atoms with van der Waals surface area (Å²) in [7, 11) is 0. The first-order valence-corrected chi connectivity index (χ1v) is 9.19. The van der Waals surface area contributed by atoms with Crippen molar-refractivity contribution in [2.24, 2.45) is 0 Å². The van der Waals surface area contributed by atoms with Crippen LogP contribution in [0.1, 0.15) is 40.5 Å². The molecule has 1 aliphatic heterocycles. The number of aromatic nitrogens is 3. The van der Waals surface area contributed by atoms with E-state index in [9.17, 15) is 4.79 Å². The third-order valence-corrected chi connectivity index (χ3v) is 4.95. The van der Waals surface area contributed by atoms with Gasteiger partial charge in [-0.3, -0.25) is 9.20 Å². The van der Waals surface area contributed by atoms with E-state index in [0.29, 0.717) is 12.5 Å². The summed E-state index contributed by atoms with van der Waals surface area (Å²) in [6, 6.07) is 13.8. The van der Waals surface area contributed by atoms with E-state index in [0.717, 1.165) is 55.0 Å². The second-order valence-electron chi connectivity index (χ2n) is 6.68. The number of hydrogen-bond donors (Lipinski definition) is 2. The van der Waals surface area contributed by atoms with Gasteiger partial charge in [0.05, 0.1) is 0 Å². The lowest BCUT2D eigenvalue weighted by molar-refractivity contribution is 0.0952. The van der Waals surface area contributed by atoms with Gasteiger partial charge in [-0.25, -0.2) is 0 Å². The molecule has 0 aliphatic carbocycles. The Bertz CT molecular complexity index is 904. The topological polar surface area (TPSA) is 71.3 Å². The van der Waals surface area contributed by atoms with Crippen molar-refractivity contribution in [2.45, 2.75) is 25.2 Å². The second kappa shape index (κ2) is 8.97. The fourth-order valence-electron chi connectivity index (χ4n) is 3.58. The predicted molar refractivity (Wildman–Crippen MR) is 108 cm³/mol. The van der Waals surface area contributed by atoms with Crippen LogP contribution in [-0.4, -0.2) is 40.1 Å². The molecule has 1 atom stereocenters. The molecular formula is C20H24ClN5O. The first-order chi connectivity index (χ1) is 12.8. The van der Waals surface area contributed by atoms with Crippen LogP contribution in [0.2, 0.25) is 0 Å². The number of nitrogens with one attached hydrogen (secondary N) is 2. The number of hydrogen-bond acceptors (Lipinski definition) is 4. The zero-order chi connectivity index (χ0) is 17.8. The number of benzene rings is 1. The lowest BCUT2D eigenvalue weighted by atomic mass is 9.93. The average Bonchev–Trinajstić information content (AvgIpc) is 3.35. The van der Waals surface area contributed by atoms with Crippen molar-refractivity contribution in [3.05, 3.63) is 65.6 Å². The molecule has 6 nitrogen and oxygen atoms in total. The van der Waals surface area contributed by atoms with E-state index in [1.165, 1.54) is 0 Å². The third kappa shape index (κ3) is 4.28. The number of pyridine rings is 1. The van der Waals surface area contributed by atoms with Crippen LogP contribution in [0.5, 0.6) is 0 Å². The molecule has 4 rings (SSSR count). The Morgan fingerprint density at radius 3 is 2.89 bits per heavy atom. The molecule has 0 saturated carbocycles. The summed E-state index contributed by atoms with van der Waals surface area (Å²) >= 11 is 0. The maximum Gasteiger partial charge on any atom is 0.251 e. The Balaban J connectivity index is 0.00000210. The summed E-state index contributed by atoms with van der Waals surface area (Å²) in [5, 5.41) is 14.8. The van der Waals surface area contributed by atoms with Crippen LogP contribution in [0.15, 0.2) is 48.7 Å². The molecule has 2 aromatic heterocycles. The maximum absolute atomic E-state index is 12.6. The van der Waals surface area contributed by atoms with Crippen molar-refractivity contribution in [3.63, 3.8) is 0 Å². The third-order valence-electron chi connectivity index (χ3n) is 4.95. The minimum atomic E-state index is 0. The van der Waals surface area contributed by atoms with Gasteiger partial charge in [-0.2, -0.15) is 0 Å². The van der Waals surface area contributed by atoms with Crippen LogP contribution in [0.4, 0.5) is 0 Å². The van der Waals surface area contributed by atoms with Crippen molar-refractivity contribution in [3.8, 4) is 0 Å². The maximum atomic E-state index is 12.6. The fraction of sp³-hybridized carbons (Fsp3) is 0.350. The largest absolute Gasteiger partial charge is 0.352 e. The quantitative estimate of drug-likeness (QED) is 0.640. The van der Waals surface area contributed by atoms with Gasteiger partial charge in [0.25, 0.3) is 5.91 Å². The summed E-state index contributed by atoms with van der Waals surface area (Å²) < 4.78 is 1.99. The van der Waals surface area contributed by atoms with Crippen LogP contribution >= 0.6 is 12.4 Å². The molecule has 1 aromatic carbocycles.